The van der Waals surface area contributed by atoms with Gasteiger partial charge in [0, 0.05) is 29.5 Å². The second-order valence-electron chi connectivity index (χ2n) is 5.20. The molecule has 1 N–H and O–H groups in total. The van der Waals surface area contributed by atoms with Crippen molar-refractivity contribution in [1.29, 1.82) is 0 Å². The van der Waals surface area contributed by atoms with Gasteiger partial charge >= 0.3 is 0 Å². The van der Waals surface area contributed by atoms with Crippen molar-refractivity contribution in [2.75, 3.05) is 19.7 Å². The average molecular weight is 337 g/mol. The fraction of sp³-hybridized carbons (Fsp3) is 0.467. The SMILES string of the molecule is C[C@@H](C(=O)NCc1cccs1)N1CCO[C@H](c2nccs2)C1. The number of morpholine rings is 1. The first-order valence-corrected chi connectivity index (χ1v) is 9.05. The second kappa shape index (κ2) is 7.32. The molecule has 0 radical (unpaired) electrons. The molecule has 2 aromatic heterocycles. The normalized spacial score (nSPS) is 20.7. The standard InChI is InChI=1S/C15H19N3O2S2/c1-11(14(19)17-9-12-3-2-7-21-12)18-5-6-20-13(10-18)15-16-4-8-22-15/h2-4,7-8,11,13H,5-6,9-10H2,1H3,(H,17,19)/t11-,13-/m0/s1. The third-order valence-corrected chi connectivity index (χ3v) is 5.51. The molecule has 3 heterocycles. The molecule has 0 bridgehead atoms. The summed E-state index contributed by atoms with van der Waals surface area (Å²) in [6.45, 7) is 4.67. The number of hydrogen-bond acceptors (Lipinski definition) is 6. The van der Waals surface area contributed by atoms with E-state index in [4.69, 9.17) is 4.74 Å². The van der Waals surface area contributed by atoms with Crippen LogP contribution in [0.4, 0.5) is 0 Å². The van der Waals surface area contributed by atoms with Crippen LogP contribution in [0.15, 0.2) is 29.1 Å². The third kappa shape index (κ3) is 3.73. The van der Waals surface area contributed by atoms with Crippen LogP contribution < -0.4 is 5.32 Å². The summed E-state index contributed by atoms with van der Waals surface area (Å²) in [6.07, 6.45) is 1.76. The Labute approximate surface area is 137 Å². The first kappa shape index (κ1) is 15.6. The molecule has 0 unspecified atom stereocenters. The third-order valence-electron chi connectivity index (χ3n) is 3.77. The zero-order chi connectivity index (χ0) is 15.4. The zero-order valence-electron chi connectivity index (χ0n) is 12.4. The Bertz CT molecular complexity index is 586. The molecule has 1 aliphatic heterocycles. The fourth-order valence-corrected chi connectivity index (χ4v) is 3.79. The fourth-order valence-electron chi connectivity index (χ4n) is 2.46. The summed E-state index contributed by atoms with van der Waals surface area (Å²) in [5, 5.41) is 7.96. The molecule has 7 heteroatoms. The lowest BCUT2D eigenvalue weighted by molar-refractivity contribution is -0.129. The molecule has 5 nitrogen and oxygen atoms in total. The Morgan fingerprint density at radius 2 is 2.45 bits per heavy atom. The van der Waals surface area contributed by atoms with Gasteiger partial charge in [-0.3, -0.25) is 9.69 Å². The predicted molar refractivity (Wildman–Crippen MR) is 88.0 cm³/mol. The van der Waals surface area contributed by atoms with Crippen molar-refractivity contribution < 1.29 is 9.53 Å². The maximum absolute atomic E-state index is 12.3. The molecule has 0 saturated carbocycles. The molecule has 0 aromatic carbocycles. The highest BCUT2D eigenvalue weighted by Crippen LogP contribution is 2.24. The quantitative estimate of drug-likeness (QED) is 0.909. The van der Waals surface area contributed by atoms with Gasteiger partial charge in [-0.25, -0.2) is 4.98 Å². The number of nitrogens with zero attached hydrogens (tertiary/aromatic N) is 2. The number of aromatic nitrogens is 1. The van der Waals surface area contributed by atoms with Crippen LogP contribution >= 0.6 is 22.7 Å². The summed E-state index contributed by atoms with van der Waals surface area (Å²) in [5.74, 6) is 0.0631. The summed E-state index contributed by atoms with van der Waals surface area (Å²) in [5.41, 5.74) is 0. The van der Waals surface area contributed by atoms with E-state index in [1.165, 1.54) is 4.88 Å². The Balaban J connectivity index is 1.54. The van der Waals surface area contributed by atoms with Gasteiger partial charge in [0.1, 0.15) is 11.1 Å². The Kier molecular flexibility index (Phi) is 5.20. The topological polar surface area (TPSA) is 54.5 Å². The van der Waals surface area contributed by atoms with Gasteiger partial charge in [0.2, 0.25) is 5.91 Å². The molecule has 1 fully saturated rings. The second-order valence-corrected chi connectivity index (χ2v) is 7.16. The van der Waals surface area contributed by atoms with Crippen molar-refractivity contribution in [2.24, 2.45) is 0 Å². The summed E-state index contributed by atoms with van der Waals surface area (Å²) in [4.78, 5) is 20.0. The van der Waals surface area contributed by atoms with E-state index in [1.54, 1.807) is 28.9 Å². The molecule has 22 heavy (non-hydrogen) atoms. The molecule has 0 aliphatic carbocycles. The molecule has 3 rings (SSSR count). The van der Waals surface area contributed by atoms with E-state index in [-0.39, 0.29) is 18.1 Å². The van der Waals surface area contributed by atoms with Crippen LogP contribution in [-0.2, 0) is 16.1 Å². The average Bonchev–Trinajstić information content (AvgIpc) is 3.25. The number of ether oxygens (including phenoxy) is 1. The number of rotatable bonds is 5. The maximum atomic E-state index is 12.3. The van der Waals surface area contributed by atoms with Crippen molar-refractivity contribution >= 4 is 28.6 Å². The predicted octanol–water partition coefficient (Wildman–Crippen LogP) is 2.28. The van der Waals surface area contributed by atoms with E-state index < -0.39 is 0 Å². The molecule has 1 aliphatic rings. The van der Waals surface area contributed by atoms with Gasteiger partial charge in [0.15, 0.2) is 0 Å². The van der Waals surface area contributed by atoms with Crippen LogP contribution in [0.2, 0.25) is 0 Å². The van der Waals surface area contributed by atoms with Gasteiger partial charge in [-0.2, -0.15) is 0 Å². The van der Waals surface area contributed by atoms with E-state index in [1.807, 2.05) is 29.8 Å². The van der Waals surface area contributed by atoms with E-state index >= 15 is 0 Å². The van der Waals surface area contributed by atoms with Gasteiger partial charge in [0.05, 0.1) is 19.2 Å². The lowest BCUT2D eigenvalue weighted by Gasteiger charge is -2.35. The van der Waals surface area contributed by atoms with E-state index in [0.29, 0.717) is 19.7 Å². The van der Waals surface area contributed by atoms with Crippen molar-refractivity contribution in [3.63, 3.8) is 0 Å². The van der Waals surface area contributed by atoms with E-state index in [9.17, 15) is 4.79 Å². The number of carbonyl (C=O) groups is 1. The zero-order valence-corrected chi connectivity index (χ0v) is 14.0. The largest absolute Gasteiger partial charge is 0.368 e. The minimum Gasteiger partial charge on any atom is -0.368 e. The van der Waals surface area contributed by atoms with Crippen molar-refractivity contribution in [3.05, 3.63) is 39.0 Å². The van der Waals surface area contributed by atoms with E-state index in [2.05, 4.69) is 15.2 Å². The number of nitrogens with one attached hydrogen (secondary N) is 1. The van der Waals surface area contributed by atoms with Gasteiger partial charge in [-0.15, -0.1) is 22.7 Å². The number of amides is 1. The Morgan fingerprint density at radius 1 is 1.55 bits per heavy atom. The molecule has 0 spiro atoms. The first-order chi connectivity index (χ1) is 10.7. The van der Waals surface area contributed by atoms with E-state index in [0.717, 1.165) is 11.6 Å². The van der Waals surface area contributed by atoms with Crippen LogP contribution in [0.25, 0.3) is 0 Å². The summed E-state index contributed by atoms with van der Waals surface area (Å²) >= 11 is 3.25. The first-order valence-electron chi connectivity index (χ1n) is 7.29. The summed E-state index contributed by atoms with van der Waals surface area (Å²) < 4.78 is 5.78. The van der Waals surface area contributed by atoms with Gasteiger partial charge in [-0.1, -0.05) is 6.07 Å². The number of thiophene rings is 1. The summed E-state index contributed by atoms with van der Waals surface area (Å²) in [6, 6.07) is 3.87. The summed E-state index contributed by atoms with van der Waals surface area (Å²) in [7, 11) is 0. The van der Waals surface area contributed by atoms with Gasteiger partial charge in [-0.05, 0) is 18.4 Å². The molecular formula is C15H19N3O2S2. The maximum Gasteiger partial charge on any atom is 0.237 e. The highest BCUT2D eigenvalue weighted by molar-refractivity contribution is 7.10. The lowest BCUT2D eigenvalue weighted by atomic mass is 10.2. The number of carbonyl (C=O) groups excluding carboxylic acids is 1. The van der Waals surface area contributed by atoms with Crippen LogP contribution in [0, 0.1) is 0 Å². The Hall–Kier alpha value is -1.28. The smallest absolute Gasteiger partial charge is 0.237 e. The molecule has 1 amide bonds. The molecule has 118 valence electrons. The molecule has 2 aromatic rings. The number of hydrogen-bond donors (Lipinski definition) is 1. The minimum atomic E-state index is -0.161. The lowest BCUT2D eigenvalue weighted by Crippen LogP contribution is -2.50. The monoisotopic (exact) mass is 337 g/mol. The van der Waals surface area contributed by atoms with Crippen LogP contribution in [0.1, 0.15) is 22.9 Å². The van der Waals surface area contributed by atoms with Crippen molar-refractivity contribution in [1.82, 2.24) is 15.2 Å². The van der Waals surface area contributed by atoms with Crippen molar-refractivity contribution in [3.8, 4) is 0 Å². The molecule has 1 saturated heterocycles. The van der Waals surface area contributed by atoms with Crippen LogP contribution in [0.3, 0.4) is 0 Å². The van der Waals surface area contributed by atoms with Crippen molar-refractivity contribution in [2.45, 2.75) is 25.6 Å². The van der Waals surface area contributed by atoms with Gasteiger partial charge < -0.3 is 10.1 Å². The Morgan fingerprint density at radius 3 is 3.18 bits per heavy atom. The molecule has 2 atom stereocenters. The number of thiazole rings is 1. The van der Waals surface area contributed by atoms with Gasteiger partial charge in [0.25, 0.3) is 0 Å². The van der Waals surface area contributed by atoms with Crippen LogP contribution in [0.5, 0.6) is 0 Å². The van der Waals surface area contributed by atoms with Crippen LogP contribution in [-0.4, -0.2) is 41.5 Å². The minimum absolute atomic E-state index is 0.0266. The highest BCUT2D eigenvalue weighted by atomic mass is 32.1. The highest BCUT2D eigenvalue weighted by Gasteiger charge is 2.29. The molecular weight excluding hydrogens is 318 g/mol.